The number of H-pyrrole nitrogens is 1. The maximum absolute atomic E-state index is 12.5. The van der Waals surface area contributed by atoms with Gasteiger partial charge in [0.1, 0.15) is 6.33 Å². The van der Waals surface area contributed by atoms with Crippen LogP contribution in [-0.4, -0.2) is 58.8 Å². The van der Waals surface area contributed by atoms with Crippen molar-refractivity contribution in [1.29, 1.82) is 0 Å². The van der Waals surface area contributed by atoms with Gasteiger partial charge in [-0.15, -0.1) is 0 Å². The van der Waals surface area contributed by atoms with Crippen molar-refractivity contribution in [3.63, 3.8) is 0 Å². The van der Waals surface area contributed by atoms with E-state index in [1.807, 2.05) is 18.2 Å². The number of imidazole rings is 1. The fourth-order valence-corrected chi connectivity index (χ4v) is 4.20. The molecule has 0 unspecified atom stereocenters. The van der Waals surface area contributed by atoms with E-state index in [4.69, 9.17) is 0 Å². The highest BCUT2D eigenvalue weighted by Crippen LogP contribution is 2.23. The molecule has 1 aliphatic heterocycles. The Bertz CT molecular complexity index is 949. The third kappa shape index (κ3) is 2.61. The van der Waals surface area contributed by atoms with E-state index in [1.54, 1.807) is 6.20 Å². The fraction of sp³-hybridized carbons (Fsp3) is 0.267. The first kappa shape index (κ1) is 15.0. The van der Waals surface area contributed by atoms with Crippen molar-refractivity contribution in [3.8, 4) is 0 Å². The molecule has 2 aromatic heterocycles. The lowest BCUT2D eigenvalue weighted by molar-refractivity contribution is 0.383. The molecule has 1 fully saturated rings. The van der Waals surface area contributed by atoms with Gasteiger partial charge in [-0.2, -0.15) is 4.31 Å². The normalized spacial score (nSPS) is 16.6. The maximum Gasteiger partial charge on any atom is 0.260 e. The van der Waals surface area contributed by atoms with Crippen molar-refractivity contribution in [2.75, 3.05) is 31.1 Å². The van der Waals surface area contributed by atoms with Gasteiger partial charge in [-0.1, -0.05) is 0 Å². The molecule has 1 aromatic carbocycles. The van der Waals surface area contributed by atoms with Gasteiger partial charge in [0.2, 0.25) is 0 Å². The second-order valence-corrected chi connectivity index (χ2v) is 7.48. The van der Waals surface area contributed by atoms with E-state index in [1.165, 1.54) is 23.2 Å². The molecule has 0 atom stereocenters. The number of nitrogens with zero attached hydrogens (tertiary/aromatic N) is 5. The summed E-state index contributed by atoms with van der Waals surface area (Å²) >= 11 is 0. The van der Waals surface area contributed by atoms with Crippen molar-refractivity contribution in [3.05, 3.63) is 43.2 Å². The van der Waals surface area contributed by atoms with Crippen LogP contribution in [0.3, 0.4) is 0 Å². The Balaban J connectivity index is 1.51. The number of fused-ring (bicyclic) bond motifs is 1. The van der Waals surface area contributed by atoms with E-state index in [9.17, 15) is 8.42 Å². The number of aromatic nitrogens is 4. The van der Waals surface area contributed by atoms with Crippen LogP contribution in [0.2, 0.25) is 0 Å². The van der Waals surface area contributed by atoms with E-state index in [0.29, 0.717) is 26.2 Å². The molecule has 4 rings (SSSR count). The Hall–Kier alpha value is -2.52. The van der Waals surface area contributed by atoms with E-state index in [-0.39, 0.29) is 5.03 Å². The first-order chi connectivity index (χ1) is 11.6. The predicted octanol–water partition coefficient (Wildman–Crippen LogP) is 0.864. The van der Waals surface area contributed by atoms with Crippen LogP contribution in [0.5, 0.6) is 0 Å². The number of nitrogens with one attached hydrogen (secondary N) is 1. The molecule has 0 spiro atoms. The Morgan fingerprint density at radius 3 is 2.62 bits per heavy atom. The van der Waals surface area contributed by atoms with Crippen molar-refractivity contribution in [1.82, 2.24) is 24.2 Å². The lowest BCUT2D eigenvalue weighted by Gasteiger charge is -2.35. The quantitative estimate of drug-likeness (QED) is 0.757. The van der Waals surface area contributed by atoms with Crippen LogP contribution in [0.1, 0.15) is 0 Å². The first-order valence-corrected chi connectivity index (χ1v) is 9.02. The summed E-state index contributed by atoms with van der Waals surface area (Å²) in [6, 6.07) is 6.00. The van der Waals surface area contributed by atoms with Gasteiger partial charge < -0.3 is 9.88 Å². The summed E-state index contributed by atoms with van der Waals surface area (Å²) in [6.45, 7) is 2.13. The van der Waals surface area contributed by atoms with E-state index in [2.05, 4.69) is 24.8 Å². The summed E-state index contributed by atoms with van der Waals surface area (Å²) in [7, 11) is -3.49. The number of anilines is 1. The molecule has 0 amide bonds. The number of sulfonamides is 1. The van der Waals surface area contributed by atoms with E-state index >= 15 is 0 Å². The highest BCUT2D eigenvalue weighted by molar-refractivity contribution is 7.89. The molecular weight excluding hydrogens is 328 g/mol. The van der Waals surface area contributed by atoms with Crippen LogP contribution >= 0.6 is 0 Å². The fourth-order valence-electron chi connectivity index (χ4n) is 2.88. The summed E-state index contributed by atoms with van der Waals surface area (Å²) < 4.78 is 26.5. The molecular formula is C15H16N6O2S. The van der Waals surface area contributed by atoms with Gasteiger partial charge in [0.25, 0.3) is 10.0 Å². The molecule has 3 heterocycles. The molecule has 1 saturated heterocycles. The largest absolute Gasteiger partial charge is 0.369 e. The zero-order valence-electron chi connectivity index (χ0n) is 12.8. The van der Waals surface area contributed by atoms with Crippen LogP contribution in [0, 0.1) is 0 Å². The zero-order chi connectivity index (χ0) is 16.6. The molecule has 0 bridgehead atoms. The summed E-state index contributed by atoms with van der Waals surface area (Å²) in [6.07, 6.45) is 6.02. The number of piperazine rings is 1. The van der Waals surface area contributed by atoms with Crippen molar-refractivity contribution < 1.29 is 8.42 Å². The lowest BCUT2D eigenvalue weighted by atomic mass is 10.2. The minimum absolute atomic E-state index is 0.138. The Kier molecular flexibility index (Phi) is 3.66. The molecule has 24 heavy (non-hydrogen) atoms. The summed E-state index contributed by atoms with van der Waals surface area (Å²) in [5.41, 5.74) is 1.95. The van der Waals surface area contributed by atoms with Gasteiger partial charge in [0, 0.05) is 43.4 Å². The number of hydrogen-bond acceptors (Lipinski definition) is 6. The van der Waals surface area contributed by atoms with Gasteiger partial charge in [-0.25, -0.2) is 23.4 Å². The minimum atomic E-state index is -3.49. The molecule has 0 saturated carbocycles. The zero-order valence-corrected chi connectivity index (χ0v) is 13.6. The lowest BCUT2D eigenvalue weighted by Crippen LogP contribution is -2.48. The molecule has 0 aliphatic carbocycles. The topological polar surface area (TPSA) is 95.1 Å². The second-order valence-electron chi connectivity index (χ2n) is 5.57. The number of aromatic amines is 1. The molecule has 0 radical (unpaired) electrons. The molecule has 124 valence electrons. The van der Waals surface area contributed by atoms with Crippen LogP contribution in [0.4, 0.5) is 5.69 Å². The van der Waals surface area contributed by atoms with E-state index < -0.39 is 10.0 Å². The van der Waals surface area contributed by atoms with Crippen LogP contribution in [0.15, 0.2) is 48.3 Å². The van der Waals surface area contributed by atoms with Gasteiger partial charge >= 0.3 is 0 Å². The smallest absolute Gasteiger partial charge is 0.260 e. The monoisotopic (exact) mass is 344 g/mol. The molecule has 9 heteroatoms. The minimum Gasteiger partial charge on any atom is -0.369 e. The first-order valence-electron chi connectivity index (χ1n) is 7.58. The summed E-state index contributed by atoms with van der Waals surface area (Å²) in [5, 5.41) is 1.11. The third-order valence-electron chi connectivity index (χ3n) is 4.18. The molecule has 3 aromatic rings. The SMILES string of the molecule is O=S(=O)(c1cnc[nH]1)N1CCN(c2ccc3ncncc3c2)CC1. The highest BCUT2D eigenvalue weighted by atomic mass is 32.2. The van der Waals surface area contributed by atoms with Crippen LogP contribution in [-0.2, 0) is 10.0 Å². The number of rotatable bonds is 3. The Morgan fingerprint density at radius 1 is 1.04 bits per heavy atom. The van der Waals surface area contributed by atoms with E-state index in [0.717, 1.165) is 16.6 Å². The Labute approximate surface area is 139 Å². The van der Waals surface area contributed by atoms with Gasteiger partial charge in [0.15, 0.2) is 5.03 Å². The average Bonchev–Trinajstić information content (AvgIpc) is 3.17. The maximum atomic E-state index is 12.5. The van der Waals surface area contributed by atoms with Crippen molar-refractivity contribution in [2.24, 2.45) is 0 Å². The van der Waals surface area contributed by atoms with Gasteiger partial charge in [-0.3, -0.25) is 0 Å². The highest BCUT2D eigenvalue weighted by Gasteiger charge is 2.29. The predicted molar refractivity (Wildman–Crippen MR) is 89.1 cm³/mol. The van der Waals surface area contributed by atoms with Crippen molar-refractivity contribution >= 4 is 26.6 Å². The Morgan fingerprint density at radius 2 is 1.88 bits per heavy atom. The molecule has 1 N–H and O–H groups in total. The molecule has 8 nitrogen and oxygen atoms in total. The summed E-state index contributed by atoms with van der Waals surface area (Å²) in [5.74, 6) is 0. The van der Waals surface area contributed by atoms with Gasteiger partial charge in [-0.05, 0) is 18.2 Å². The number of benzene rings is 1. The summed E-state index contributed by atoms with van der Waals surface area (Å²) in [4.78, 5) is 16.9. The van der Waals surface area contributed by atoms with Crippen LogP contribution < -0.4 is 4.90 Å². The standard InChI is InChI=1S/C15H16N6O2S/c22-24(23,15-9-17-11-19-15)21-5-3-20(4-6-21)13-1-2-14-12(7-13)8-16-10-18-14/h1-2,7-11H,3-6H2,(H,17,19). The van der Waals surface area contributed by atoms with Gasteiger partial charge in [0.05, 0.1) is 18.0 Å². The van der Waals surface area contributed by atoms with Crippen molar-refractivity contribution in [2.45, 2.75) is 5.03 Å². The number of hydrogen-bond donors (Lipinski definition) is 1. The van der Waals surface area contributed by atoms with Crippen LogP contribution in [0.25, 0.3) is 10.9 Å². The average molecular weight is 344 g/mol. The second kappa shape index (κ2) is 5.84. The molecule has 1 aliphatic rings. The third-order valence-corrected chi connectivity index (χ3v) is 6.01.